The highest BCUT2D eigenvalue weighted by molar-refractivity contribution is 7.99. The zero-order valence-corrected chi connectivity index (χ0v) is 11.6. The van der Waals surface area contributed by atoms with Crippen LogP contribution in [0.3, 0.4) is 0 Å². The van der Waals surface area contributed by atoms with Gasteiger partial charge in [0.25, 0.3) is 0 Å². The first-order chi connectivity index (χ1) is 8.70. The Bertz CT molecular complexity index is 477. The highest BCUT2D eigenvalue weighted by Gasteiger charge is 2.41. The SMILES string of the molecule is Cc1ccc2c(c1)NC(=O)C1(CCCCC1)CS2. The van der Waals surface area contributed by atoms with E-state index in [9.17, 15) is 4.79 Å². The monoisotopic (exact) mass is 261 g/mol. The van der Waals surface area contributed by atoms with E-state index >= 15 is 0 Å². The van der Waals surface area contributed by atoms with E-state index in [1.807, 2.05) is 11.8 Å². The smallest absolute Gasteiger partial charge is 0.231 e. The van der Waals surface area contributed by atoms with Crippen LogP contribution in [0.25, 0.3) is 0 Å². The molecule has 0 saturated heterocycles. The fraction of sp³-hybridized carbons (Fsp3) is 0.533. The van der Waals surface area contributed by atoms with E-state index in [2.05, 4.69) is 30.4 Å². The van der Waals surface area contributed by atoms with Crippen LogP contribution < -0.4 is 5.32 Å². The summed E-state index contributed by atoms with van der Waals surface area (Å²) >= 11 is 1.84. The molecule has 0 bridgehead atoms. The predicted octanol–water partition coefficient (Wildman–Crippen LogP) is 3.99. The van der Waals surface area contributed by atoms with Crippen molar-refractivity contribution in [3.63, 3.8) is 0 Å². The lowest BCUT2D eigenvalue weighted by molar-refractivity contribution is -0.126. The lowest BCUT2D eigenvalue weighted by Crippen LogP contribution is -2.39. The molecule has 2 aliphatic rings. The number of carbonyl (C=O) groups excluding carboxylic acids is 1. The highest BCUT2D eigenvalue weighted by Crippen LogP contribution is 2.45. The van der Waals surface area contributed by atoms with Crippen molar-refractivity contribution >= 4 is 23.4 Å². The van der Waals surface area contributed by atoms with Gasteiger partial charge in [0.15, 0.2) is 0 Å². The summed E-state index contributed by atoms with van der Waals surface area (Å²) in [6.45, 7) is 2.07. The van der Waals surface area contributed by atoms with Crippen molar-refractivity contribution in [1.82, 2.24) is 0 Å². The molecular formula is C15H19NOS. The third kappa shape index (κ3) is 2.05. The fourth-order valence-corrected chi connectivity index (χ4v) is 4.28. The summed E-state index contributed by atoms with van der Waals surface area (Å²) in [4.78, 5) is 13.8. The van der Waals surface area contributed by atoms with Gasteiger partial charge in [-0.1, -0.05) is 25.3 Å². The maximum absolute atomic E-state index is 12.5. The van der Waals surface area contributed by atoms with E-state index in [1.165, 1.54) is 29.7 Å². The number of hydrogen-bond donors (Lipinski definition) is 1. The van der Waals surface area contributed by atoms with Gasteiger partial charge < -0.3 is 5.32 Å². The number of nitrogens with one attached hydrogen (secondary N) is 1. The number of aryl methyl sites for hydroxylation is 1. The maximum Gasteiger partial charge on any atom is 0.231 e. The summed E-state index contributed by atoms with van der Waals surface area (Å²) in [6, 6.07) is 6.34. The molecule has 1 fully saturated rings. The standard InChI is InChI=1S/C15H19NOS/c1-11-5-6-13-12(9-11)16-14(17)15(10-18-13)7-3-2-4-8-15/h5-6,9H,2-4,7-8,10H2,1H3,(H,16,17). The number of anilines is 1. The minimum Gasteiger partial charge on any atom is -0.325 e. The zero-order valence-electron chi connectivity index (χ0n) is 10.8. The Morgan fingerprint density at radius 2 is 2.00 bits per heavy atom. The molecule has 1 N–H and O–H groups in total. The third-order valence-corrected chi connectivity index (χ3v) is 5.54. The van der Waals surface area contributed by atoms with Crippen LogP contribution in [0.15, 0.2) is 23.1 Å². The molecule has 3 rings (SSSR count). The zero-order chi connectivity index (χ0) is 12.6. The Kier molecular flexibility index (Phi) is 3.10. The number of amides is 1. The topological polar surface area (TPSA) is 29.1 Å². The number of thioether (sulfide) groups is 1. The van der Waals surface area contributed by atoms with Crippen LogP contribution in [-0.4, -0.2) is 11.7 Å². The summed E-state index contributed by atoms with van der Waals surface area (Å²) in [5, 5.41) is 3.16. The Hall–Kier alpha value is -0.960. The molecule has 96 valence electrons. The van der Waals surface area contributed by atoms with Gasteiger partial charge in [-0.05, 0) is 37.5 Å². The van der Waals surface area contributed by atoms with Crippen molar-refractivity contribution in [3.05, 3.63) is 23.8 Å². The van der Waals surface area contributed by atoms with E-state index in [4.69, 9.17) is 0 Å². The molecule has 0 radical (unpaired) electrons. The molecule has 0 atom stereocenters. The van der Waals surface area contributed by atoms with Crippen molar-refractivity contribution in [3.8, 4) is 0 Å². The maximum atomic E-state index is 12.5. The summed E-state index contributed by atoms with van der Waals surface area (Å²) in [7, 11) is 0. The number of hydrogen-bond acceptors (Lipinski definition) is 2. The molecule has 1 aromatic carbocycles. The van der Waals surface area contributed by atoms with E-state index in [0.29, 0.717) is 0 Å². The van der Waals surface area contributed by atoms with Crippen molar-refractivity contribution in [2.24, 2.45) is 5.41 Å². The van der Waals surface area contributed by atoms with Gasteiger partial charge in [0.1, 0.15) is 0 Å². The van der Waals surface area contributed by atoms with Crippen LogP contribution in [0.2, 0.25) is 0 Å². The predicted molar refractivity (Wildman–Crippen MR) is 76.1 cm³/mol. The fourth-order valence-electron chi connectivity index (χ4n) is 3.00. The molecule has 3 heteroatoms. The molecule has 1 aliphatic heterocycles. The molecule has 1 spiro atoms. The quantitative estimate of drug-likeness (QED) is 0.765. The summed E-state index contributed by atoms with van der Waals surface area (Å²) in [5.41, 5.74) is 2.09. The second-order valence-corrected chi connectivity index (χ2v) is 6.60. The summed E-state index contributed by atoms with van der Waals surface area (Å²) in [5.74, 6) is 1.19. The van der Waals surface area contributed by atoms with Crippen LogP contribution in [-0.2, 0) is 4.79 Å². The van der Waals surface area contributed by atoms with Gasteiger partial charge in [-0.25, -0.2) is 0 Å². The summed E-state index contributed by atoms with van der Waals surface area (Å²) in [6.07, 6.45) is 5.79. The lowest BCUT2D eigenvalue weighted by Gasteiger charge is -2.33. The average molecular weight is 261 g/mol. The van der Waals surface area contributed by atoms with Crippen molar-refractivity contribution in [2.45, 2.75) is 43.9 Å². The van der Waals surface area contributed by atoms with Gasteiger partial charge in [-0.15, -0.1) is 11.8 Å². The number of benzene rings is 1. The molecule has 1 aliphatic carbocycles. The minimum atomic E-state index is -0.115. The lowest BCUT2D eigenvalue weighted by atomic mass is 9.75. The van der Waals surface area contributed by atoms with E-state index in [-0.39, 0.29) is 11.3 Å². The molecule has 18 heavy (non-hydrogen) atoms. The van der Waals surface area contributed by atoms with Gasteiger partial charge in [0.05, 0.1) is 11.1 Å². The van der Waals surface area contributed by atoms with Gasteiger partial charge in [-0.3, -0.25) is 4.79 Å². The first-order valence-electron chi connectivity index (χ1n) is 6.75. The van der Waals surface area contributed by atoms with Crippen molar-refractivity contribution < 1.29 is 4.79 Å². The third-order valence-electron chi connectivity index (χ3n) is 4.18. The van der Waals surface area contributed by atoms with Crippen molar-refractivity contribution in [1.29, 1.82) is 0 Å². The van der Waals surface area contributed by atoms with E-state index in [0.717, 1.165) is 24.3 Å². The Morgan fingerprint density at radius 1 is 1.22 bits per heavy atom. The van der Waals surface area contributed by atoms with Gasteiger partial charge in [0, 0.05) is 10.6 Å². The molecule has 1 aromatic rings. The van der Waals surface area contributed by atoms with Crippen LogP contribution in [0.4, 0.5) is 5.69 Å². The van der Waals surface area contributed by atoms with Crippen molar-refractivity contribution in [2.75, 3.05) is 11.1 Å². The van der Waals surface area contributed by atoms with E-state index < -0.39 is 0 Å². The minimum absolute atomic E-state index is 0.115. The van der Waals surface area contributed by atoms with Crippen LogP contribution >= 0.6 is 11.8 Å². The van der Waals surface area contributed by atoms with Crippen LogP contribution in [0.5, 0.6) is 0 Å². The van der Waals surface area contributed by atoms with Crippen LogP contribution in [0.1, 0.15) is 37.7 Å². The first-order valence-corrected chi connectivity index (χ1v) is 7.73. The average Bonchev–Trinajstić information content (AvgIpc) is 2.50. The molecule has 1 saturated carbocycles. The number of rotatable bonds is 0. The molecular weight excluding hydrogens is 242 g/mol. The van der Waals surface area contributed by atoms with Gasteiger partial charge >= 0.3 is 0 Å². The van der Waals surface area contributed by atoms with Gasteiger partial charge in [0.2, 0.25) is 5.91 Å². The number of fused-ring (bicyclic) bond motifs is 1. The summed E-state index contributed by atoms with van der Waals surface area (Å²) < 4.78 is 0. The Balaban J connectivity index is 1.92. The highest BCUT2D eigenvalue weighted by atomic mass is 32.2. The van der Waals surface area contributed by atoms with E-state index in [1.54, 1.807) is 0 Å². The Morgan fingerprint density at radius 3 is 2.78 bits per heavy atom. The normalized spacial score (nSPS) is 22.2. The Labute approximate surface area is 113 Å². The van der Waals surface area contributed by atoms with Gasteiger partial charge in [-0.2, -0.15) is 0 Å². The molecule has 2 nitrogen and oxygen atoms in total. The largest absolute Gasteiger partial charge is 0.325 e. The molecule has 1 heterocycles. The second kappa shape index (κ2) is 4.61. The number of carbonyl (C=O) groups is 1. The van der Waals surface area contributed by atoms with Crippen LogP contribution in [0, 0.1) is 12.3 Å². The molecule has 0 aromatic heterocycles. The first kappa shape index (κ1) is 12.1. The molecule has 1 amide bonds. The second-order valence-electron chi connectivity index (χ2n) is 5.58. The molecule has 0 unspecified atom stereocenters.